The molecule has 1 aromatic carbocycles. The fourth-order valence-electron chi connectivity index (χ4n) is 1.71. The fraction of sp³-hybridized carbons (Fsp3) is 0.429. The number of benzene rings is 1. The first-order chi connectivity index (χ1) is 8.57. The van der Waals surface area contributed by atoms with Gasteiger partial charge < -0.3 is 9.05 Å². The minimum atomic E-state index is -3.08. The van der Waals surface area contributed by atoms with Crippen LogP contribution in [0.1, 0.15) is 37.6 Å². The monoisotopic (exact) mass is 268 g/mol. The normalized spacial score (nSPS) is 13.3. The number of hydrogen-bond donors (Lipinski definition) is 0. The predicted octanol–water partition coefficient (Wildman–Crippen LogP) is 4.66. The lowest BCUT2D eigenvalue weighted by molar-refractivity contribution is 0.213. The molecule has 1 aromatic rings. The van der Waals surface area contributed by atoms with Crippen LogP contribution in [-0.2, 0) is 13.6 Å². The van der Waals surface area contributed by atoms with Gasteiger partial charge in [0.05, 0.1) is 18.9 Å². The highest BCUT2D eigenvalue weighted by molar-refractivity contribution is 7.54. The molecule has 0 aliphatic rings. The standard InChI is InChI=1S/C14H21O3P/c1-5-13-8-10-14(11-9-13)12(4)18(15,16-6-2)17-7-3/h5,8-12H,1,6-7H2,2-4H3. The van der Waals surface area contributed by atoms with Crippen LogP contribution in [0.5, 0.6) is 0 Å². The van der Waals surface area contributed by atoms with Crippen molar-refractivity contribution >= 4 is 13.7 Å². The second-order valence-electron chi connectivity index (χ2n) is 3.92. The van der Waals surface area contributed by atoms with E-state index < -0.39 is 7.60 Å². The van der Waals surface area contributed by atoms with Gasteiger partial charge in [-0.15, -0.1) is 0 Å². The molecule has 0 N–H and O–H groups in total. The molecule has 0 aromatic heterocycles. The van der Waals surface area contributed by atoms with Crippen molar-refractivity contribution in [1.29, 1.82) is 0 Å². The van der Waals surface area contributed by atoms with Crippen molar-refractivity contribution in [3.8, 4) is 0 Å². The molecular weight excluding hydrogens is 247 g/mol. The van der Waals surface area contributed by atoms with E-state index in [1.165, 1.54) is 0 Å². The first kappa shape index (κ1) is 15.2. The summed E-state index contributed by atoms with van der Waals surface area (Å²) >= 11 is 0. The Balaban J connectivity index is 2.97. The van der Waals surface area contributed by atoms with E-state index in [1.807, 2.05) is 45.0 Å². The smallest absolute Gasteiger partial charge is 0.308 e. The average Bonchev–Trinajstić information content (AvgIpc) is 2.38. The zero-order valence-electron chi connectivity index (χ0n) is 11.3. The van der Waals surface area contributed by atoms with E-state index in [9.17, 15) is 4.57 Å². The van der Waals surface area contributed by atoms with Crippen molar-refractivity contribution in [2.24, 2.45) is 0 Å². The maximum atomic E-state index is 12.6. The molecule has 0 radical (unpaired) electrons. The topological polar surface area (TPSA) is 35.5 Å². The quantitative estimate of drug-likeness (QED) is 0.675. The van der Waals surface area contributed by atoms with E-state index in [0.717, 1.165) is 11.1 Å². The Morgan fingerprint density at radius 1 is 1.22 bits per heavy atom. The van der Waals surface area contributed by atoms with E-state index in [4.69, 9.17) is 9.05 Å². The minimum Gasteiger partial charge on any atom is -0.308 e. The molecule has 100 valence electrons. The molecular formula is C14H21O3P. The maximum absolute atomic E-state index is 12.6. The van der Waals surface area contributed by atoms with Crippen LogP contribution in [0.4, 0.5) is 0 Å². The Morgan fingerprint density at radius 2 is 1.72 bits per heavy atom. The van der Waals surface area contributed by atoms with Crippen LogP contribution in [-0.4, -0.2) is 13.2 Å². The van der Waals surface area contributed by atoms with Gasteiger partial charge in [-0.05, 0) is 31.9 Å². The third kappa shape index (κ3) is 3.55. The van der Waals surface area contributed by atoms with Crippen LogP contribution in [0.25, 0.3) is 6.08 Å². The summed E-state index contributed by atoms with van der Waals surface area (Å²) in [4.78, 5) is 0. The van der Waals surface area contributed by atoms with Crippen molar-refractivity contribution < 1.29 is 13.6 Å². The number of hydrogen-bond acceptors (Lipinski definition) is 3. The van der Waals surface area contributed by atoms with Crippen molar-refractivity contribution in [1.82, 2.24) is 0 Å². The molecule has 0 heterocycles. The summed E-state index contributed by atoms with van der Waals surface area (Å²) in [6, 6.07) is 7.76. The summed E-state index contributed by atoms with van der Waals surface area (Å²) in [6.45, 7) is 9.98. The van der Waals surface area contributed by atoms with Gasteiger partial charge in [0.1, 0.15) is 0 Å². The molecule has 0 spiro atoms. The van der Waals surface area contributed by atoms with Gasteiger partial charge >= 0.3 is 7.60 Å². The molecule has 0 amide bonds. The van der Waals surface area contributed by atoms with E-state index in [2.05, 4.69) is 6.58 Å². The van der Waals surface area contributed by atoms with E-state index in [1.54, 1.807) is 6.08 Å². The van der Waals surface area contributed by atoms with Gasteiger partial charge in [0, 0.05) is 0 Å². The highest BCUT2D eigenvalue weighted by atomic mass is 31.2. The Kier molecular flexibility index (Phi) is 5.80. The Labute approximate surface area is 109 Å². The highest BCUT2D eigenvalue weighted by Gasteiger charge is 2.32. The second-order valence-corrected chi connectivity index (χ2v) is 6.29. The van der Waals surface area contributed by atoms with Gasteiger partial charge in [-0.3, -0.25) is 4.57 Å². The molecule has 1 atom stereocenters. The Morgan fingerprint density at radius 3 is 2.11 bits per heavy atom. The van der Waals surface area contributed by atoms with Crippen molar-refractivity contribution in [3.63, 3.8) is 0 Å². The van der Waals surface area contributed by atoms with Gasteiger partial charge in [-0.1, -0.05) is 36.9 Å². The van der Waals surface area contributed by atoms with Crippen LogP contribution in [0.2, 0.25) is 0 Å². The zero-order valence-corrected chi connectivity index (χ0v) is 12.2. The van der Waals surface area contributed by atoms with E-state index in [0.29, 0.717) is 13.2 Å². The number of rotatable bonds is 7. The van der Waals surface area contributed by atoms with Crippen molar-refractivity contribution in [2.45, 2.75) is 26.4 Å². The van der Waals surface area contributed by atoms with Gasteiger partial charge in [-0.2, -0.15) is 0 Å². The highest BCUT2D eigenvalue weighted by Crippen LogP contribution is 2.60. The second kappa shape index (κ2) is 6.89. The molecule has 18 heavy (non-hydrogen) atoms. The third-order valence-corrected chi connectivity index (χ3v) is 5.23. The summed E-state index contributed by atoms with van der Waals surface area (Å²) in [5.41, 5.74) is 1.72. The molecule has 3 nitrogen and oxygen atoms in total. The van der Waals surface area contributed by atoms with Crippen LogP contribution in [0.15, 0.2) is 30.8 Å². The fourth-order valence-corrected chi connectivity index (χ4v) is 3.49. The Bertz CT molecular complexity index is 415. The predicted molar refractivity (Wildman–Crippen MR) is 75.8 cm³/mol. The van der Waals surface area contributed by atoms with Gasteiger partial charge in [0.2, 0.25) is 0 Å². The molecule has 0 bridgehead atoms. The summed E-state index contributed by atoms with van der Waals surface area (Å²) in [5, 5.41) is 0. The molecule has 0 aliphatic carbocycles. The zero-order chi connectivity index (χ0) is 13.6. The van der Waals surface area contributed by atoms with Gasteiger partial charge in [0.15, 0.2) is 0 Å². The SMILES string of the molecule is C=Cc1ccc(C(C)P(=O)(OCC)OCC)cc1. The molecule has 4 heteroatoms. The summed E-state index contributed by atoms with van der Waals surface area (Å²) in [5.74, 6) is 0. The van der Waals surface area contributed by atoms with Crippen molar-refractivity contribution in [2.75, 3.05) is 13.2 Å². The van der Waals surface area contributed by atoms with Crippen LogP contribution in [0, 0.1) is 0 Å². The lowest BCUT2D eigenvalue weighted by Crippen LogP contribution is -2.03. The Hall–Kier alpha value is -0.890. The molecule has 1 unspecified atom stereocenters. The van der Waals surface area contributed by atoms with Gasteiger partial charge in [0.25, 0.3) is 0 Å². The summed E-state index contributed by atoms with van der Waals surface area (Å²) in [6.07, 6.45) is 1.78. The van der Waals surface area contributed by atoms with Gasteiger partial charge in [-0.25, -0.2) is 0 Å². The molecule has 0 aliphatic heterocycles. The summed E-state index contributed by atoms with van der Waals surface area (Å²) in [7, 11) is -3.08. The molecule has 1 rings (SSSR count). The lowest BCUT2D eigenvalue weighted by atomic mass is 10.1. The first-order valence-corrected chi connectivity index (χ1v) is 7.79. The maximum Gasteiger partial charge on any atom is 0.337 e. The summed E-state index contributed by atoms with van der Waals surface area (Å²) < 4.78 is 23.3. The van der Waals surface area contributed by atoms with Crippen LogP contribution in [0.3, 0.4) is 0 Å². The molecule has 0 fully saturated rings. The average molecular weight is 268 g/mol. The first-order valence-electron chi connectivity index (χ1n) is 6.18. The van der Waals surface area contributed by atoms with Crippen LogP contribution >= 0.6 is 7.60 Å². The lowest BCUT2D eigenvalue weighted by Gasteiger charge is -2.23. The van der Waals surface area contributed by atoms with E-state index in [-0.39, 0.29) is 5.66 Å². The van der Waals surface area contributed by atoms with E-state index >= 15 is 0 Å². The third-order valence-electron chi connectivity index (χ3n) is 2.75. The molecule has 0 saturated carbocycles. The van der Waals surface area contributed by atoms with Crippen LogP contribution < -0.4 is 0 Å². The largest absolute Gasteiger partial charge is 0.337 e. The minimum absolute atomic E-state index is 0.267. The molecule has 0 saturated heterocycles. The van der Waals surface area contributed by atoms with Crippen molar-refractivity contribution in [3.05, 3.63) is 42.0 Å².